The van der Waals surface area contributed by atoms with E-state index in [1.165, 1.54) is 14.1 Å². The van der Waals surface area contributed by atoms with Gasteiger partial charge in [0.2, 0.25) is 15.9 Å². The van der Waals surface area contributed by atoms with E-state index in [9.17, 15) is 13.2 Å². The lowest BCUT2D eigenvalue weighted by Gasteiger charge is -2.39. The van der Waals surface area contributed by atoms with Gasteiger partial charge in [-0.25, -0.2) is 12.7 Å². The van der Waals surface area contributed by atoms with Crippen LogP contribution in [0.4, 0.5) is 0 Å². The number of carbonyl (C=O) groups excluding carboxylic acids is 1. The average molecular weight is 273 g/mol. The fourth-order valence-electron chi connectivity index (χ4n) is 2.10. The Kier molecular flexibility index (Phi) is 4.35. The zero-order valence-electron chi connectivity index (χ0n) is 10.9. The molecule has 1 fully saturated rings. The summed E-state index contributed by atoms with van der Waals surface area (Å²) in [6.07, 6.45) is 1.10. The van der Waals surface area contributed by atoms with E-state index in [2.05, 4.69) is 5.32 Å². The van der Waals surface area contributed by atoms with Gasteiger partial charge in [-0.05, 0) is 18.8 Å². The first-order chi connectivity index (χ1) is 8.23. The molecule has 1 saturated carbocycles. The molecule has 0 radical (unpaired) electrons. The van der Waals surface area contributed by atoms with Gasteiger partial charge in [0.15, 0.2) is 0 Å². The fraction of sp³-hybridized carbons (Fsp3) is 0.818. The first-order valence-electron chi connectivity index (χ1n) is 5.83. The standard InChI is InChI=1S/C11H19N3O3S/c1-9-6-11(7-9,8-12)10(15)13-4-5-18(16,17)14(2)3/h9H,4-7H2,1-3H3,(H,13,15). The summed E-state index contributed by atoms with van der Waals surface area (Å²) in [5.41, 5.74) is -0.943. The number of nitriles is 1. The van der Waals surface area contributed by atoms with Gasteiger partial charge in [-0.15, -0.1) is 0 Å². The lowest BCUT2D eigenvalue weighted by molar-refractivity contribution is -0.133. The van der Waals surface area contributed by atoms with Crippen molar-refractivity contribution < 1.29 is 13.2 Å². The van der Waals surface area contributed by atoms with Crippen molar-refractivity contribution in [3.05, 3.63) is 0 Å². The molecular weight excluding hydrogens is 254 g/mol. The minimum Gasteiger partial charge on any atom is -0.354 e. The molecule has 0 aliphatic heterocycles. The van der Waals surface area contributed by atoms with Crippen LogP contribution in [0.5, 0.6) is 0 Å². The quantitative estimate of drug-likeness (QED) is 0.759. The number of carbonyl (C=O) groups is 1. The Balaban J connectivity index is 2.46. The topological polar surface area (TPSA) is 90.3 Å². The second-order valence-corrected chi connectivity index (χ2v) is 7.36. The predicted molar refractivity (Wildman–Crippen MR) is 66.9 cm³/mol. The molecule has 18 heavy (non-hydrogen) atoms. The van der Waals surface area contributed by atoms with Crippen molar-refractivity contribution >= 4 is 15.9 Å². The Labute approximate surface area is 108 Å². The van der Waals surface area contributed by atoms with Crippen LogP contribution in [0.3, 0.4) is 0 Å². The highest BCUT2D eigenvalue weighted by molar-refractivity contribution is 7.89. The molecule has 0 unspecified atom stereocenters. The van der Waals surface area contributed by atoms with Crippen LogP contribution >= 0.6 is 0 Å². The van der Waals surface area contributed by atoms with Crippen LogP contribution in [0.15, 0.2) is 0 Å². The lowest BCUT2D eigenvalue weighted by atomic mass is 9.63. The molecular formula is C11H19N3O3S. The summed E-state index contributed by atoms with van der Waals surface area (Å²) in [7, 11) is -0.418. The first kappa shape index (κ1) is 14.9. The highest BCUT2D eigenvalue weighted by Gasteiger charge is 2.48. The Bertz CT molecular complexity index is 458. The van der Waals surface area contributed by atoms with Crippen LogP contribution in [0.2, 0.25) is 0 Å². The number of hydrogen-bond donors (Lipinski definition) is 1. The molecule has 1 aliphatic rings. The summed E-state index contributed by atoms with van der Waals surface area (Å²) >= 11 is 0. The molecule has 0 bridgehead atoms. The third-order valence-corrected chi connectivity index (χ3v) is 5.08. The molecule has 7 heteroatoms. The van der Waals surface area contributed by atoms with Gasteiger partial charge in [-0.1, -0.05) is 6.92 Å². The number of hydrogen-bond acceptors (Lipinski definition) is 4. The van der Waals surface area contributed by atoms with Crippen LogP contribution in [0, 0.1) is 22.7 Å². The van der Waals surface area contributed by atoms with Crippen molar-refractivity contribution in [1.29, 1.82) is 5.26 Å². The van der Waals surface area contributed by atoms with Crippen LogP contribution in [-0.4, -0.2) is 45.0 Å². The van der Waals surface area contributed by atoms with E-state index in [-0.39, 0.29) is 18.2 Å². The van der Waals surface area contributed by atoms with Gasteiger partial charge in [0.1, 0.15) is 5.41 Å². The van der Waals surface area contributed by atoms with Gasteiger partial charge < -0.3 is 5.32 Å². The van der Waals surface area contributed by atoms with E-state index in [1.807, 2.05) is 13.0 Å². The Morgan fingerprint density at radius 1 is 1.50 bits per heavy atom. The van der Waals surface area contributed by atoms with Gasteiger partial charge in [-0.3, -0.25) is 4.79 Å². The van der Waals surface area contributed by atoms with Gasteiger partial charge in [-0.2, -0.15) is 5.26 Å². The third kappa shape index (κ3) is 3.00. The summed E-state index contributed by atoms with van der Waals surface area (Å²) < 4.78 is 24.1. The molecule has 0 atom stereocenters. The maximum Gasteiger partial charge on any atom is 0.240 e. The summed E-state index contributed by atoms with van der Waals surface area (Å²) in [4.78, 5) is 11.8. The summed E-state index contributed by atoms with van der Waals surface area (Å²) in [5, 5.41) is 11.6. The van der Waals surface area contributed by atoms with E-state index in [4.69, 9.17) is 5.26 Å². The van der Waals surface area contributed by atoms with Crippen molar-refractivity contribution in [3.8, 4) is 6.07 Å². The molecule has 1 N–H and O–H groups in total. The van der Waals surface area contributed by atoms with Crippen LogP contribution in [0.25, 0.3) is 0 Å². The Morgan fingerprint density at radius 2 is 2.06 bits per heavy atom. The van der Waals surface area contributed by atoms with Gasteiger partial charge in [0, 0.05) is 20.6 Å². The molecule has 6 nitrogen and oxygen atoms in total. The number of amides is 1. The molecule has 1 aliphatic carbocycles. The second-order valence-electron chi connectivity index (χ2n) is 5.06. The maximum absolute atomic E-state index is 11.8. The van der Waals surface area contributed by atoms with Crippen molar-refractivity contribution in [2.75, 3.05) is 26.4 Å². The Morgan fingerprint density at radius 3 is 2.44 bits per heavy atom. The molecule has 0 aromatic heterocycles. The summed E-state index contributed by atoms with van der Waals surface area (Å²) in [5.74, 6) is -0.124. The maximum atomic E-state index is 11.8. The molecule has 0 spiro atoms. The van der Waals surface area contributed by atoms with Gasteiger partial charge in [0.05, 0.1) is 11.8 Å². The summed E-state index contributed by atoms with van der Waals surface area (Å²) in [6.45, 7) is 2.02. The van der Waals surface area contributed by atoms with Crippen LogP contribution in [-0.2, 0) is 14.8 Å². The highest BCUT2D eigenvalue weighted by Crippen LogP contribution is 2.44. The second kappa shape index (κ2) is 5.24. The molecule has 102 valence electrons. The molecule has 0 aromatic rings. The van der Waals surface area contributed by atoms with E-state index in [0.29, 0.717) is 18.8 Å². The van der Waals surface area contributed by atoms with Crippen molar-refractivity contribution in [2.24, 2.45) is 11.3 Å². The molecule has 0 aromatic carbocycles. The number of sulfonamides is 1. The summed E-state index contributed by atoms with van der Waals surface area (Å²) in [6, 6.07) is 2.04. The smallest absolute Gasteiger partial charge is 0.240 e. The van der Waals surface area contributed by atoms with E-state index >= 15 is 0 Å². The lowest BCUT2D eigenvalue weighted by Crippen LogP contribution is -2.49. The minimum atomic E-state index is -3.31. The highest BCUT2D eigenvalue weighted by atomic mass is 32.2. The Hall–Kier alpha value is -1.13. The van der Waals surface area contributed by atoms with Crippen LogP contribution in [0.1, 0.15) is 19.8 Å². The first-order valence-corrected chi connectivity index (χ1v) is 7.44. The molecule has 0 heterocycles. The normalized spacial score (nSPS) is 27.4. The third-order valence-electron chi connectivity index (χ3n) is 3.24. The van der Waals surface area contributed by atoms with Crippen molar-refractivity contribution in [1.82, 2.24) is 9.62 Å². The molecule has 1 rings (SSSR count). The van der Waals surface area contributed by atoms with Crippen LogP contribution < -0.4 is 5.32 Å². The largest absolute Gasteiger partial charge is 0.354 e. The minimum absolute atomic E-state index is 0.0388. The number of nitrogens with zero attached hydrogens (tertiary/aromatic N) is 2. The van der Waals surface area contributed by atoms with Gasteiger partial charge >= 0.3 is 0 Å². The zero-order chi connectivity index (χ0) is 14.0. The fourth-order valence-corrected chi connectivity index (χ4v) is 2.83. The van der Waals surface area contributed by atoms with E-state index in [1.54, 1.807) is 0 Å². The van der Waals surface area contributed by atoms with E-state index < -0.39 is 15.4 Å². The number of nitrogens with one attached hydrogen (secondary N) is 1. The predicted octanol–water partition coefficient (Wildman–Crippen LogP) is -0.0661. The average Bonchev–Trinajstić information content (AvgIpc) is 2.23. The van der Waals surface area contributed by atoms with Crippen molar-refractivity contribution in [3.63, 3.8) is 0 Å². The van der Waals surface area contributed by atoms with Gasteiger partial charge in [0.25, 0.3) is 0 Å². The molecule has 0 saturated heterocycles. The SMILES string of the molecule is CC1CC(C#N)(C(=O)NCCS(=O)(=O)N(C)C)C1. The molecule has 1 amide bonds. The monoisotopic (exact) mass is 273 g/mol. The number of rotatable bonds is 5. The zero-order valence-corrected chi connectivity index (χ0v) is 11.7. The van der Waals surface area contributed by atoms with E-state index in [0.717, 1.165) is 4.31 Å². The van der Waals surface area contributed by atoms with Crippen molar-refractivity contribution in [2.45, 2.75) is 19.8 Å².